The fourth-order valence-corrected chi connectivity index (χ4v) is 1.97. The Kier molecular flexibility index (Phi) is 4.20. The van der Waals surface area contributed by atoms with Gasteiger partial charge in [0, 0.05) is 12.0 Å². The highest BCUT2D eigenvalue weighted by molar-refractivity contribution is 6.10. The van der Waals surface area contributed by atoms with Crippen molar-refractivity contribution in [1.29, 1.82) is 0 Å². The smallest absolute Gasteiger partial charge is 0.259 e. The summed E-state index contributed by atoms with van der Waals surface area (Å²) in [4.78, 5) is 12.2. The molecule has 0 saturated carbocycles. The average Bonchev–Trinajstić information content (AvgIpc) is 2.95. The van der Waals surface area contributed by atoms with Crippen LogP contribution in [0.15, 0.2) is 46.2 Å². The monoisotopic (exact) mass is 272 g/mol. The van der Waals surface area contributed by atoms with Crippen molar-refractivity contribution in [2.75, 3.05) is 5.32 Å². The van der Waals surface area contributed by atoms with Gasteiger partial charge in [-0.3, -0.25) is 4.79 Å². The molecule has 5 nitrogen and oxygen atoms in total. The van der Waals surface area contributed by atoms with Crippen LogP contribution in [0.1, 0.15) is 35.5 Å². The first kappa shape index (κ1) is 13.9. The largest absolute Gasteiger partial charge is 0.469 e. The molecule has 104 valence electrons. The lowest BCUT2D eigenvalue weighted by Crippen LogP contribution is -2.15. The van der Waals surface area contributed by atoms with Crippen molar-refractivity contribution < 1.29 is 14.4 Å². The molecule has 0 bridgehead atoms. The van der Waals surface area contributed by atoms with Crippen molar-refractivity contribution >= 4 is 17.3 Å². The number of para-hydroxylation sites is 1. The molecule has 2 aromatic rings. The quantitative estimate of drug-likeness (QED) is 0.509. The van der Waals surface area contributed by atoms with Crippen molar-refractivity contribution in [3.8, 4) is 0 Å². The van der Waals surface area contributed by atoms with Gasteiger partial charge in [0.2, 0.25) is 0 Å². The molecule has 1 aromatic heterocycles. The van der Waals surface area contributed by atoms with Crippen LogP contribution >= 0.6 is 0 Å². The Labute approximate surface area is 116 Å². The molecule has 20 heavy (non-hydrogen) atoms. The second-order valence-corrected chi connectivity index (χ2v) is 4.30. The molecular weight excluding hydrogens is 256 g/mol. The van der Waals surface area contributed by atoms with Gasteiger partial charge in [-0.2, -0.15) is 0 Å². The Morgan fingerprint density at radius 3 is 2.75 bits per heavy atom. The number of nitrogens with one attached hydrogen (secondary N) is 1. The lowest BCUT2D eigenvalue weighted by molar-refractivity contribution is 0.102. The third kappa shape index (κ3) is 2.71. The molecular formula is C15H16N2O3. The Morgan fingerprint density at radius 2 is 2.05 bits per heavy atom. The summed E-state index contributed by atoms with van der Waals surface area (Å²) >= 11 is 0. The number of aryl methyl sites for hydroxylation is 1. The number of hydrogen-bond donors (Lipinski definition) is 2. The molecule has 1 aromatic carbocycles. The topological polar surface area (TPSA) is 74.8 Å². The first-order valence-electron chi connectivity index (χ1n) is 6.33. The van der Waals surface area contributed by atoms with E-state index in [1.54, 1.807) is 31.2 Å². The number of amides is 1. The van der Waals surface area contributed by atoms with E-state index in [1.807, 2.05) is 13.0 Å². The van der Waals surface area contributed by atoms with E-state index in [-0.39, 0.29) is 5.91 Å². The third-order valence-corrected chi connectivity index (χ3v) is 3.03. The molecule has 0 aliphatic rings. The Hall–Kier alpha value is -2.56. The van der Waals surface area contributed by atoms with E-state index in [0.717, 1.165) is 0 Å². The van der Waals surface area contributed by atoms with Crippen LogP contribution in [-0.2, 0) is 6.42 Å². The van der Waals surface area contributed by atoms with Crippen LogP contribution in [0, 0.1) is 0 Å². The van der Waals surface area contributed by atoms with Gasteiger partial charge in [-0.25, -0.2) is 0 Å². The molecule has 5 heteroatoms. The molecule has 2 rings (SSSR count). The van der Waals surface area contributed by atoms with E-state index >= 15 is 0 Å². The minimum Gasteiger partial charge on any atom is -0.469 e. The van der Waals surface area contributed by atoms with Gasteiger partial charge < -0.3 is 14.9 Å². The van der Waals surface area contributed by atoms with Gasteiger partial charge in [0.15, 0.2) is 0 Å². The molecule has 0 aliphatic heterocycles. The summed E-state index contributed by atoms with van der Waals surface area (Å²) in [6, 6.07) is 8.80. The zero-order valence-electron chi connectivity index (χ0n) is 11.4. The number of oxime groups is 1. The predicted molar refractivity (Wildman–Crippen MR) is 76.5 cm³/mol. The molecule has 0 saturated heterocycles. The minimum atomic E-state index is -0.242. The van der Waals surface area contributed by atoms with E-state index in [4.69, 9.17) is 9.62 Å². The summed E-state index contributed by atoms with van der Waals surface area (Å²) in [5, 5.41) is 14.9. The first-order chi connectivity index (χ1) is 9.67. The Morgan fingerprint density at radius 1 is 1.30 bits per heavy atom. The van der Waals surface area contributed by atoms with E-state index in [1.165, 1.54) is 6.26 Å². The number of benzene rings is 1. The average molecular weight is 272 g/mol. The lowest BCUT2D eigenvalue weighted by Gasteiger charge is -2.09. The van der Waals surface area contributed by atoms with Crippen LogP contribution in [0.25, 0.3) is 0 Å². The van der Waals surface area contributed by atoms with Gasteiger partial charge in [-0.1, -0.05) is 30.3 Å². The number of nitrogens with zero attached hydrogens (tertiary/aromatic N) is 1. The van der Waals surface area contributed by atoms with Crippen LogP contribution in [0.2, 0.25) is 0 Å². The maximum absolute atomic E-state index is 12.2. The van der Waals surface area contributed by atoms with E-state index in [2.05, 4.69) is 10.5 Å². The summed E-state index contributed by atoms with van der Waals surface area (Å²) < 4.78 is 5.25. The Bertz CT molecular complexity index is 644. The van der Waals surface area contributed by atoms with Crippen molar-refractivity contribution in [1.82, 2.24) is 0 Å². The highest BCUT2D eigenvalue weighted by atomic mass is 16.4. The fourth-order valence-electron chi connectivity index (χ4n) is 1.97. The zero-order valence-corrected chi connectivity index (χ0v) is 11.4. The van der Waals surface area contributed by atoms with Gasteiger partial charge in [-0.15, -0.1) is 0 Å². The molecule has 1 amide bonds. The van der Waals surface area contributed by atoms with Crippen molar-refractivity contribution in [2.24, 2.45) is 5.16 Å². The van der Waals surface area contributed by atoms with Crippen LogP contribution in [0.4, 0.5) is 5.69 Å². The van der Waals surface area contributed by atoms with Gasteiger partial charge in [0.1, 0.15) is 5.76 Å². The summed E-state index contributed by atoms with van der Waals surface area (Å²) in [7, 11) is 0. The second kappa shape index (κ2) is 6.06. The number of anilines is 1. The summed E-state index contributed by atoms with van der Waals surface area (Å²) in [6.45, 7) is 3.59. The molecule has 0 aliphatic carbocycles. The zero-order chi connectivity index (χ0) is 14.5. The molecule has 1 heterocycles. The summed E-state index contributed by atoms with van der Waals surface area (Å²) in [5.41, 5.74) is 2.21. The normalized spacial score (nSPS) is 11.4. The molecule has 2 N–H and O–H groups in total. The maximum atomic E-state index is 12.2. The molecule has 0 atom stereocenters. The maximum Gasteiger partial charge on any atom is 0.259 e. The van der Waals surface area contributed by atoms with Crippen LogP contribution in [0.3, 0.4) is 0 Å². The number of carbonyl (C=O) groups is 1. The SMILES string of the molecule is CCc1occc1C(=O)Nc1ccccc1/C(C)=N/O. The summed E-state index contributed by atoms with van der Waals surface area (Å²) in [6.07, 6.45) is 2.15. The van der Waals surface area contributed by atoms with E-state index in [9.17, 15) is 4.79 Å². The fraction of sp³-hybridized carbons (Fsp3) is 0.200. The van der Waals surface area contributed by atoms with Crippen LogP contribution in [-0.4, -0.2) is 16.8 Å². The number of hydrogen-bond acceptors (Lipinski definition) is 4. The molecule has 0 spiro atoms. The first-order valence-corrected chi connectivity index (χ1v) is 6.33. The number of carbonyl (C=O) groups excluding carboxylic acids is 1. The van der Waals surface area contributed by atoms with Crippen LogP contribution in [0.5, 0.6) is 0 Å². The summed E-state index contributed by atoms with van der Waals surface area (Å²) in [5.74, 6) is 0.404. The molecule has 0 fully saturated rings. The standard InChI is InChI=1S/C15H16N2O3/c1-3-14-12(8-9-20-14)15(18)16-13-7-5-4-6-11(13)10(2)17-19/h4-9,19H,3H2,1-2H3,(H,16,18)/b17-10+. The predicted octanol–water partition coefficient (Wildman–Crippen LogP) is 3.29. The highest BCUT2D eigenvalue weighted by Crippen LogP contribution is 2.19. The highest BCUT2D eigenvalue weighted by Gasteiger charge is 2.15. The van der Waals surface area contributed by atoms with Gasteiger partial charge in [0.05, 0.1) is 23.2 Å². The minimum absolute atomic E-state index is 0.242. The Balaban J connectivity index is 2.29. The van der Waals surface area contributed by atoms with Crippen molar-refractivity contribution in [3.63, 3.8) is 0 Å². The van der Waals surface area contributed by atoms with Gasteiger partial charge in [0.25, 0.3) is 5.91 Å². The molecule has 0 radical (unpaired) electrons. The van der Waals surface area contributed by atoms with Gasteiger partial charge in [-0.05, 0) is 19.1 Å². The number of rotatable bonds is 4. The lowest BCUT2D eigenvalue weighted by atomic mass is 10.1. The van der Waals surface area contributed by atoms with Gasteiger partial charge >= 0.3 is 0 Å². The van der Waals surface area contributed by atoms with E-state index < -0.39 is 0 Å². The van der Waals surface area contributed by atoms with Crippen LogP contribution < -0.4 is 5.32 Å². The molecule has 0 unspecified atom stereocenters. The van der Waals surface area contributed by atoms with Crippen molar-refractivity contribution in [3.05, 3.63) is 53.5 Å². The third-order valence-electron chi connectivity index (χ3n) is 3.03. The number of furan rings is 1. The van der Waals surface area contributed by atoms with E-state index in [0.29, 0.717) is 34.7 Å². The van der Waals surface area contributed by atoms with Crippen molar-refractivity contribution in [2.45, 2.75) is 20.3 Å². The second-order valence-electron chi connectivity index (χ2n) is 4.30.